The fraction of sp³-hybridized carbons (Fsp3) is 0.333. The van der Waals surface area contributed by atoms with E-state index in [0.29, 0.717) is 0 Å². The summed E-state index contributed by atoms with van der Waals surface area (Å²) in [7, 11) is 1.63. The van der Waals surface area contributed by atoms with E-state index in [-0.39, 0.29) is 11.9 Å². The van der Waals surface area contributed by atoms with Gasteiger partial charge in [0.25, 0.3) is 0 Å². The van der Waals surface area contributed by atoms with Crippen LogP contribution in [0.4, 0.5) is 5.13 Å². The Morgan fingerprint density at radius 2 is 2.24 bits per heavy atom. The molecule has 0 aliphatic carbocycles. The van der Waals surface area contributed by atoms with E-state index in [1.807, 2.05) is 19.9 Å². The number of amides is 1. The van der Waals surface area contributed by atoms with Crippen LogP contribution in [0.2, 0.25) is 0 Å². The monoisotopic (exact) mass is 249 g/mol. The number of carbonyl (C=O) groups is 1. The smallest absolute Gasteiger partial charge is 0.242 e. The van der Waals surface area contributed by atoms with Crippen molar-refractivity contribution in [1.29, 1.82) is 0 Å². The Balaban J connectivity index is 2.22. The number of thiazole rings is 1. The van der Waals surface area contributed by atoms with Crippen LogP contribution in [0.15, 0.2) is 18.2 Å². The number of likely N-dealkylation sites (N-methyl/N-ethyl adjacent to an activating group) is 1. The summed E-state index contributed by atoms with van der Waals surface area (Å²) in [6, 6.07) is 5.88. The van der Waals surface area contributed by atoms with Gasteiger partial charge in [0.15, 0.2) is 5.13 Å². The number of aryl methyl sites for hydroxylation is 1. The highest BCUT2D eigenvalue weighted by Gasteiger charge is 2.12. The molecule has 0 saturated carbocycles. The molecular weight excluding hydrogens is 234 g/mol. The van der Waals surface area contributed by atoms with Crippen LogP contribution in [0.25, 0.3) is 10.2 Å². The summed E-state index contributed by atoms with van der Waals surface area (Å²) in [5.41, 5.74) is 2.16. The number of nitrogens with one attached hydrogen (secondary N) is 2. The van der Waals surface area contributed by atoms with Crippen molar-refractivity contribution >= 4 is 32.6 Å². The summed E-state index contributed by atoms with van der Waals surface area (Å²) in [5, 5.41) is 6.48. The number of anilines is 1. The van der Waals surface area contributed by atoms with E-state index in [1.54, 1.807) is 18.4 Å². The maximum atomic E-state index is 11.4. The van der Waals surface area contributed by atoms with Crippen molar-refractivity contribution in [2.24, 2.45) is 0 Å². The van der Waals surface area contributed by atoms with Crippen molar-refractivity contribution in [2.45, 2.75) is 19.9 Å². The second-order valence-corrected chi connectivity index (χ2v) is 5.00. The standard InChI is InChI=1S/C12H15N3OS/c1-7-4-5-10-9(6-7)15-12(17-10)14-8(2)11(16)13-3/h4-6,8H,1-3H3,(H,13,16)(H,14,15). The molecule has 2 N–H and O–H groups in total. The minimum absolute atomic E-state index is 0.0413. The summed E-state index contributed by atoms with van der Waals surface area (Å²) >= 11 is 1.56. The van der Waals surface area contributed by atoms with Gasteiger partial charge < -0.3 is 10.6 Å². The van der Waals surface area contributed by atoms with Crippen molar-refractivity contribution < 1.29 is 4.79 Å². The third-order valence-electron chi connectivity index (χ3n) is 2.52. The lowest BCUT2D eigenvalue weighted by Crippen LogP contribution is -2.35. The number of hydrogen-bond acceptors (Lipinski definition) is 4. The normalized spacial score (nSPS) is 12.4. The molecule has 4 nitrogen and oxygen atoms in total. The minimum atomic E-state index is -0.276. The maximum Gasteiger partial charge on any atom is 0.242 e. The lowest BCUT2D eigenvalue weighted by atomic mass is 10.2. The van der Waals surface area contributed by atoms with Gasteiger partial charge in [-0.2, -0.15) is 0 Å². The SMILES string of the molecule is CNC(=O)C(C)Nc1nc2cc(C)ccc2s1. The highest BCUT2D eigenvalue weighted by molar-refractivity contribution is 7.22. The van der Waals surface area contributed by atoms with Crippen molar-refractivity contribution in [1.82, 2.24) is 10.3 Å². The molecule has 1 aromatic heterocycles. The van der Waals surface area contributed by atoms with Crippen LogP contribution in [0, 0.1) is 6.92 Å². The van der Waals surface area contributed by atoms with E-state index in [9.17, 15) is 4.79 Å². The predicted octanol–water partition coefficient (Wildman–Crippen LogP) is 2.15. The average molecular weight is 249 g/mol. The van der Waals surface area contributed by atoms with Gasteiger partial charge in [0, 0.05) is 7.05 Å². The molecule has 0 fully saturated rings. The van der Waals surface area contributed by atoms with Crippen molar-refractivity contribution in [3.8, 4) is 0 Å². The van der Waals surface area contributed by atoms with E-state index in [4.69, 9.17) is 0 Å². The van der Waals surface area contributed by atoms with Gasteiger partial charge in [0.05, 0.1) is 10.2 Å². The molecule has 2 aromatic rings. The molecule has 17 heavy (non-hydrogen) atoms. The van der Waals surface area contributed by atoms with Gasteiger partial charge in [-0.25, -0.2) is 4.98 Å². The van der Waals surface area contributed by atoms with Crippen LogP contribution in [0.5, 0.6) is 0 Å². The summed E-state index contributed by atoms with van der Waals surface area (Å²) in [6.45, 7) is 3.86. The van der Waals surface area contributed by atoms with Gasteiger partial charge in [-0.1, -0.05) is 17.4 Å². The molecular formula is C12H15N3OS. The fourth-order valence-electron chi connectivity index (χ4n) is 1.57. The Kier molecular flexibility index (Phi) is 3.28. The van der Waals surface area contributed by atoms with Crippen LogP contribution in [-0.4, -0.2) is 24.0 Å². The molecule has 0 spiro atoms. The number of rotatable bonds is 3. The van der Waals surface area contributed by atoms with Gasteiger partial charge in [0.2, 0.25) is 5.91 Å². The van der Waals surface area contributed by atoms with Gasteiger partial charge in [0.1, 0.15) is 6.04 Å². The molecule has 0 bridgehead atoms. The Bertz CT molecular complexity index is 550. The molecule has 1 unspecified atom stereocenters. The Labute approximate surface area is 104 Å². The number of hydrogen-bond donors (Lipinski definition) is 2. The highest BCUT2D eigenvalue weighted by atomic mass is 32.1. The Morgan fingerprint density at radius 3 is 2.94 bits per heavy atom. The first-order valence-electron chi connectivity index (χ1n) is 5.45. The predicted molar refractivity (Wildman–Crippen MR) is 71.5 cm³/mol. The molecule has 0 aliphatic rings. The van der Waals surface area contributed by atoms with E-state index < -0.39 is 0 Å². The molecule has 5 heteroatoms. The molecule has 0 saturated heterocycles. The molecule has 90 valence electrons. The van der Waals surface area contributed by atoms with Gasteiger partial charge in [-0.3, -0.25) is 4.79 Å². The van der Waals surface area contributed by atoms with Crippen molar-refractivity contribution in [3.05, 3.63) is 23.8 Å². The first kappa shape index (κ1) is 11.9. The lowest BCUT2D eigenvalue weighted by Gasteiger charge is -2.10. The topological polar surface area (TPSA) is 54.0 Å². The number of aromatic nitrogens is 1. The zero-order valence-electron chi connectivity index (χ0n) is 10.1. The van der Waals surface area contributed by atoms with Gasteiger partial charge >= 0.3 is 0 Å². The zero-order chi connectivity index (χ0) is 12.4. The summed E-state index contributed by atoms with van der Waals surface area (Å²) in [4.78, 5) is 15.8. The summed E-state index contributed by atoms with van der Waals surface area (Å²) in [6.07, 6.45) is 0. The van der Waals surface area contributed by atoms with Crippen LogP contribution < -0.4 is 10.6 Å². The number of carbonyl (C=O) groups excluding carboxylic acids is 1. The first-order chi connectivity index (χ1) is 8.10. The second-order valence-electron chi connectivity index (χ2n) is 3.97. The molecule has 0 aliphatic heterocycles. The van der Waals surface area contributed by atoms with E-state index in [0.717, 1.165) is 15.3 Å². The largest absolute Gasteiger partial charge is 0.357 e. The molecule has 1 aromatic carbocycles. The van der Waals surface area contributed by atoms with Crippen LogP contribution in [0.1, 0.15) is 12.5 Å². The van der Waals surface area contributed by atoms with E-state index in [1.165, 1.54) is 5.56 Å². The van der Waals surface area contributed by atoms with E-state index >= 15 is 0 Å². The fourth-order valence-corrected chi connectivity index (χ4v) is 2.50. The van der Waals surface area contributed by atoms with Gasteiger partial charge in [-0.05, 0) is 31.5 Å². The Morgan fingerprint density at radius 1 is 1.47 bits per heavy atom. The summed E-state index contributed by atoms with van der Waals surface area (Å²) < 4.78 is 1.13. The third kappa shape index (κ3) is 2.55. The number of benzene rings is 1. The minimum Gasteiger partial charge on any atom is -0.357 e. The first-order valence-corrected chi connectivity index (χ1v) is 6.27. The number of fused-ring (bicyclic) bond motifs is 1. The highest BCUT2D eigenvalue weighted by Crippen LogP contribution is 2.26. The molecule has 1 heterocycles. The van der Waals surface area contributed by atoms with Crippen LogP contribution in [0.3, 0.4) is 0 Å². The summed E-state index contributed by atoms with van der Waals surface area (Å²) in [5.74, 6) is -0.0413. The lowest BCUT2D eigenvalue weighted by molar-refractivity contribution is -0.121. The molecule has 1 atom stereocenters. The quantitative estimate of drug-likeness (QED) is 0.876. The van der Waals surface area contributed by atoms with Gasteiger partial charge in [-0.15, -0.1) is 0 Å². The molecule has 1 amide bonds. The third-order valence-corrected chi connectivity index (χ3v) is 3.49. The van der Waals surface area contributed by atoms with E-state index in [2.05, 4.69) is 27.8 Å². The second kappa shape index (κ2) is 4.71. The Hall–Kier alpha value is -1.62. The average Bonchev–Trinajstić information content (AvgIpc) is 2.69. The molecule has 0 radical (unpaired) electrons. The maximum absolute atomic E-state index is 11.4. The van der Waals surface area contributed by atoms with Crippen LogP contribution >= 0.6 is 11.3 Å². The molecule has 2 rings (SSSR count). The number of nitrogens with zero attached hydrogens (tertiary/aromatic N) is 1. The van der Waals surface area contributed by atoms with Crippen molar-refractivity contribution in [3.63, 3.8) is 0 Å². The van der Waals surface area contributed by atoms with Crippen molar-refractivity contribution in [2.75, 3.05) is 12.4 Å². The van der Waals surface area contributed by atoms with Crippen LogP contribution in [-0.2, 0) is 4.79 Å². The zero-order valence-corrected chi connectivity index (χ0v) is 10.9.